The first-order valence-electron chi connectivity index (χ1n) is 4.31. The quantitative estimate of drug-likeness (QED) is 0.364. The van der Waals surface area contributed by atoms with Crippen LogP contribution in [-0.2, 0) is 9.59 Å². The van der Waals surface area contributed by atoms with E-state index in [1.165, 1.54) is 4.90 Å². The number of hydrogen-bond acceptors (Lipinski definition) is 3. The number of piperazine rings is 1. The predicted octanol–water partition coefficient (Wildman–Crippen LogP) is 0.424. The molecule has 5 nitrogen and oxygen atoms in total. The average molecular weight is 219 g/mol. The smallest absolute Gasteiger partial charge is 0.323 e. The van der Waals surface area contributed by atoms with Gasteiger partial charge >= 0.3 is 17.2 Å². The fourth-order valence-electron chi connectivity index (χ4n) is 1.45. The highest BCUT2D eigenvalue weighted by molar-refractivity contribution is 6.65. The minimum absolute atomic E-state index is 0.347. The highest BCUT2D eigenvalue weighted by Gasteiger charge is 2.39. The number of halogens is 1. The molecule has 1 aliphatic heterocycles. The topological polar surface area (TPSA) is 57.7 Å². The molecule has 1 fully saturated rings. The zero-order valence-electron chi connectivity index (χ0n) is 7.99. The summed E-state index contributed by atoms with van der Waals surface area (Å²) in [4.78, 5) is 35.8. The number of amides is 3. The van der Waals surface area contributed by atoms with Crippen molar-refractivity contribution in [2.24, 2.45) is 0 Å². The van der Waals surface area contributed by atoms with Crippen molar-refractivity contribution < 1.29 is 14.4 Å². The zero-order valence-corrected chi connectivity index (χ0v) is 8.74. The Morgan fingerprint density at radius 2 is 2.07 bits per heavy atom. The standard InChI is InChI=1S/C8H11ClN2O3/c1-3-10-4-5(2)11(8(9)14)7(13)6(10)12/h5H,3-4H2,1-2H3/t5-/m1/s1. The van der Waals surface area contributed by atoms with Gasteiger partial charge in [0.15, 0.2) is 0 Å². The number of carbonyl (C=O) groups is 3. The first kappa shape index (κ1) is 11.0. The maximum atomic E-state index is 11.4. The molecule has 1 saturated heterocycles. The zero-order chi connectivity index (χ0) is 10.9. The second-order valence-electron chi connectivity index (χ2n) is 3.12. The van der Waals surface area contributed by atoms with E-state index in [0.717, 1.165) is 4.90 Å². The molecule has 0 aromatic carbocycles. The van der Waals surface area contributed by atoms with Crippen LogP contribution in [0.15, 0.2) is 0 Å². The molecule has 0 radical (unpaired) electrons. The Kier molecular flexibility index (Phi) is 3.10. The van der Waals surface area contributed by atoms with Gasteiger partial charge in [-0.2, -0.15) is 0 Å². The van der Waals surface area contributed by atoms with Crippen LogP contribution in [0.3, 0.4) is 0 Å². The Hall–Kier alpha value is -1.10. The molecule has 0 N–H and O–H groups in total. The molecule has 0 unspecified atom stereocenters. The van der Waals surface area contributed by atoms with Gasteiger partial charge in [-0.1, -0.05) is 0 Å². The second-order valence-corrected chi connectivity index (χ2v) is 3.44. The van der Waals surface area contributed by atoms with E-state index in [4.69, 9.17) is 11.6 Å². The molecular weight excluding hydrogens is 208 g/mol. The maximum absolute atomic E-state index is 11.4. The summed E-state index contributed by atoms with van der Waals surface area (Å²) in [5, 5.41) is -0.897. The lowest BCUT2D eigenvalue weighted by molar-refractivity contribution is -0.155. The highest BCUT2D eigenvalue weighted by Crippen LogP contribution is 2.13. The van der Waals surface area contributed by atoms with Crippen LogP contribution in [-0.4, -0.2) is 46.1 Å². The fraction of sp³-hybridized carbons (Fsp3) is 0.625. The Bertz CT molecular complexity index is 292. The average Bonchev–Trinajstić information content (AvgIpc) is 2.10. The molecule has 6 heteroatoms. The summed E-state index contributed by atoms with van der Waals surface area (Å²) in [6.45, 7) is 4.25. The third-order valence-electron chi connectivity index (χ3n) is 2.19. The van der Waals surface area contributed by atoms with Crippen LogP contribution in [0.2, 0.25) is 0 Å². The Balaban J connectivity index is 2.90. The lowest BCUT2D eigenvalue weighted by Crippen LogP contribution is -2.59. The number of imide groups is 1. The lowest BCUT2D eigenvalue weighted by atomic mass is 10.2. The van der Waals surface area contributed by atoms with Gasteiger partial charge in [0.1, 0.15) is 0 Å². The molecular formula is C8H11ClN2O3. The van der Waals surface area contributed by atoms with Gasteiger partial charge in [-0.25, -0.2) is 0 Å². The summed E-state index contributed by atoms with van der Waals surface area (Å²) in [6.07, 6.45) is 0. The second kappa shape index (κ2) is 3.96. The third-order valence-corrected chi connectivity index (χ3v) is 2.37. The molecule has 1 rings (SSSR count). The fourth-order valence-corrected chi connectivity index (χ4v) is 1.69. The largest absolute Gasteiger partial charge is 0.333 e. The molecule has 78 valence electrons. The van der Waals surface area contributed by atoms with Crippen molar-refractivity contribution >= 4 is 28.8 Å². The monoisotopic (exact) mass is 218 g/mol. The highest BCUT2D eigenvalue weighted by atomic mass is 35.5. The van der Waals surface area contributed by atoms with Crippen LogP contribution < -0.4 is 0 Å². The van der Waals surface area contributed by atoms with Crippen molar-refractivity contribution in [2.45, 2.75) is 19.9 Å². The van der Waals surface area contributed by atoms with Crippen LogP contribution in [0.5, 0.6) is 0 Å². The van der Waals surface area contributed by atoms with Crippen LogP contribution in [0.25, 0.3) is 0 Å². The van der Waals surface area contributed by atoms with Gasteiger partial charge in [-0.15, -0.1) is 0 Å². The molecule has 0 aromatic heterocycles. The van der Waals surface area contributed by atoms with Gasteiger partial charge in [0, 0.05) is 13.1 Å². The minimum Gasteiger partial charge on any atom is -0.333 e. The molecule has 14 heavy (non-hydrogen) atoms. The van der Waals surface area contributed by atoms with E-state index in [0.29, 0.717) is 13.1 Å². The van der Waals surface area contributed by atoms with E-state index in [2.05, 4.69) is 0 Å². The third kappa shape index (κ3) is 1.72. The SMILES string of the molecule is CCN1C[C@@H](C)N(C(=O)Cl)C(=O)C1=O. The van der Waals surface area contributed by atoms with Crippen LogP contribution >= 0.6 is 11.6 Å². The van der Waals surface area contributed by atoms with Crippen LogP contribution in [0, 0.1) is 0 Å². The van der Waals surface area contributed by atoms with E-state index in [1.54, 1.807) is 13.8 Å². The normalized spacial score (nSPS) is 22.9. The molecule has 0 saturated carbocycles. The van der Waals surface area contributed by atoms with Gasteiger partial charge in [-0.3, -0.25) is 19.3 Å². The summed E-state index contributed by atoms with van der Waals surface area (Å²) in [5.74, 6) is -1.51. The summed E-state index contributed by atoms with van der Waals surface area (Å²) < 4.78 is 0. The number of carbonyl (C=O) groups excluding carboxylic acids is 3. The van der Waals surface area contributed by atoms with Crippen LogP contribution in [0.1, 0.15) is 13.8 Å². The predicted molar refractivity (Wildman–Crippen MR) is 49.8 cm³/mol. The Labute approximate surface area is 86.6 Å². The maximum Gasteiger partial charge on any atom is 0.323 e. The number of likely N-dealkylation sites (N-methyl/N-ethyl adjacent to an activating group) is 1. The van der Waals surface area contributed by atoms with Crippen molar-refractivity contribution in [3.63, 3.8) is 0 Å². The van der Waals surface area contributed by atoms with Gasteiger partial charge in [0.25, 0.3) is 0 Å². The van der Waals surface area contributed by atoms with Gasteiger partial charge in [0.05, 0.1) is 6.04 Å². The Morgan fingerprint density at radius 3 is 2.50 bits per heavy atom. The van der Waals surface area contributed by atoms with Crippen molar-refractivity contribution in [2.75, 3.05) is 13.1 Å². The van der Waals surface area contributed by atoms with E-state index in [-0.39, 0.29) is 6.04 Å². The molecule has 1 atom stereocenters. The molecule has 0 spiro atoms. The summed E-state index contributed by atoms with van der Waals surface area (Å²) >= 11 is 5.20. The molecule has 0 bridgehead atoms. The summed E-state index contributed by atoms with van der Waals surface area (Å²) in [7, 11) is 0. The Morgan fingerprint density at radius 1 is 1.50 bits per heavy atom. The first-order chi connectivity index (χ1) is 6.49. The van der Waals surface area contributed by atoms with Crippen LogP contribution in [0.4, 0.5) is 4.79 Å². The van der Waals surface area contributed by atoms with Gasteiger partial charge in [-0.05, 0) is 25.4 Å². The van der Waals surface area contributed by atoms with Gasteiger partial charge < -0.3 is 4.90 Å². The molecule has 0 aromatic rings. The van der Waals surface area contributed by atoms with Crippen molar-refractivity contribution in [1.29, 1.82) is 0 Å². The molecule has 0 aliphatic carbocycles. The summed E-state index contributed by atoms with van der Waals surface area (Å²) in [5.41, 5.74) is 0. The van der Waals surface area contributed by atoms with E-state index in [1.807, 2.05) is 0 Å². The van der Waals surface area contributed by atoms with Crippen molar-refractivity contribution in [3.8, 4) is 0 Å². The van der Waals surface area contributed by atoms with Crippen molar-refractivity contribution in [3.05, 3.63) is 0 Å². The molecule has 1 heterocycles. The van der Waals surface area contributed by atoms with Crippen molar-refractivity contribution in [1.82, 2.24) is 9.80 Å². The number of rotatable bonds is 1. The van der Waals surface area contributed by atoms with Gasteiger partial charge in [0.2, 0.25) is 0 Å². The van der Waals surface area contributed by atoms with E-state index < -0.39 is 17.2 Å². The molecule has 3 amide bonds. The summed E-state index contributed by atoms with van der Waals surface area (Å²) in [6, 6.07) is -0.356. The first-order valence-corrected chi connectivity index (χ1v) is 4.68. The number of nitrogens with zero attached hydrogens (tertiary/aromatic N) is 2. The van der Waals surface area contributed by atoms with E-state index in [9.17, 15) is 14.4 Å². The number of hydrogen-bond donors (Lipinski definition) is 0. The lowest BCUT2D eigenvalue weighted by Gasteiger charge is -2.35. The minimum atomic E-state index is -0.897. The molecule has 1 aliphatic rings. The van der Waals surface area contributed by atoms with E-state index >= 15 is 0 Å².